The molecule has 20 heavy (non-hydrogen) atoms. The third-order valence-electron chi connectivity index (χ3n) is 2.90. The molecule has 3 nitrogen and oxygen atoms in total. The van der Waals surface area contributed by atoms with E-state index in [2.05, 4.69) is 27.8 Å². The second kappa shape index (κ2) is 7.56. The molecule has 0 bridgehead atoms. The Hall–Kier alpha value is -2.00. The number of halogens is 1. The molecule has 0 atom stereocenters. The molecular weight excluding hydrogens is 270 g/mol. The van der Waals surface area contributed by atoms with Crippen LogP contribution in [0.2, 0.25) is 5.02 Å². The normalized spacial score (nSPS) is 11.2. The van der Waals surface area contributed by atoms with Gasteiger partial charge in [0.05, 0.1) is 0 Å². The van der Waals surface area contributed by atoms with Crippen molar-refractivity contribution in [2.45, 2.75) is 13.1 Å². The molecule has 2 aromatic carbocycles. The lowest BCUT2D eigenvalue weighted by Crippen LogP contribution is -2.36. The van der Waals surface area contributed by atoms with E-state index in [1.807, 2.05) is 42.5 Å². The molecule has 0 aliphatic rings. The van der Waals surface area contributed by atoms with Crippen molar-refractivity contribution < 1.29 is 0 Å². The Kier molecular flexibility index (Phi) is 5.44. The van der Waals surface area contributed by atoms with E-state index >= 15 is 0 Å². The summed E-state index contributed by atoms with van der Waals surface area (Å²) in [5, 5.41) is 7.30. The fourth-order valence-electron chi connectivity index (χ4n) is 1.79. The van der Waals surface area contributed by atoms with E-state index < -0.39 is 0 Å². The Balaban J connectivity index is 1.82. The Labute approximate surface area is 124 Å². The molecule has 0 heterocycles. The Morgan fingerprint density at radius 2 is 1.45 bits per heavy atom. The number of guanidine groups is 1. The van der Waals surface area contributed by atoms with Crippen molar-refractivity contribution >= 4 is 17.6 Å². The predicted octanol–water partition coefficient (Wildman–Crippen LogP) is 3.21. The Morgan fingerprint density at radius 1 is 0.900 bits per heavy atom. The summed E-state index contributed by atoms with van der Waals surface area (Å²) in [6, 6.07) is 18.0. The van der Waals surface area contributed by atoms with Gasteiger partial charge in [0.15, 0.2) is 5.96 Å². The summed E-state index contributed by atoms with van der Waals surface area (Å²) in [5.41, 5.74) is 2.39. The van der Waals surface area contributed by atoms with Crippen molar-refractivity contribution in [2.75, 3.05) is 7.05 Å². The average molecular weight is 288 g/mol. The van der Waals surface area contributed by atoms with Crippen LogP contribution < -0.4 is 10.6 Å². The number of hydrogen-bond acceptors (Lipinski definition) is 1. The standard InChI is InChI=1S/C16H18ClN3/c1-18-16(19-11-13-5-3-2-4-6-13)20-12-14-7-9-15(17)10-8-14/h2-10H,11-12H2,1H3,(H2,18,19,20). The van der Waals surface area contributed by atoms with Gasteiger partial charge in [-0.15, -0.1) is 0 Å². The maximum Gasteiger partial charge on any atom is 0.191 e. The first kappa shape index (κ1) is 14.4. The lowest BCUT2D eigenvalue weighted by atomic mass is 10.2. The van der Waals surface area contributed by atoms with E-state index in [-0.39, 0.29) is 0 Å². The van der Waals surface area contributed by atoms with Crippen molar-refractivity contribution in [3.8, 4) is 0 Å². The second-order valence-corrected chi connectivity index (χ2v) is 4.83. The monoisotopic (exact) mass is 287 g/mol. The first-order chi connectivity index (χ1) is 9.78. The topological polar surface area (TPSA) is 36.4 Å². The van der Waals surface area contributed by atoms with Crippen molar-refractivity contribution in [2.24, 2.45) is 4.99 Å². The van der Waals surface area contributed by atoms with Crippen LogP contribution in [0.4, 0.5) is 0 Å². The summed E-state index contributed by atoms with van der Waals surface area (Å²) in [7, 11) is 1.77. The molecule has 0 radical (unpaired) electrons. The molecule has 0 spiro atoms. The summed E-state index contributed by atoms with van der Waals surface area (Å²) in [6.45, 7) is 1.47. The van der Waals surface area contributed by atoms with Crippen molar-refractivity contribution in [3.05, 3.63) is 70.7 Å². The molecule has 0 saturated carbocycles. The zero-order valence-electron chi connectivity index (χ0n) is 11.4. The largest absolute Gasteiger partial charge is 0.352 e. The molecule has 2 aromatic rings. The Bertz CT molecular complexity index is 550. The molecule has 2 N–H and O–H groups in total. The van der Waals surface area contributed by atoms with Gasteiger partial charge in [0, 0.05) is 25.2 Å². The maximum atomic E-state index is 5.86. The molecule has 4 heteroatoms. The second-order valence-electron chi connectivity index (χ2n) is 4.39. The Morgan fingerprint density at radius 3 is 2.00 bits per heavy atom. The summed E-state index contributed by atoms with van der Waals surface area (Å²) in [4.78, 5) is 4.20. The number of nitrogens with zero attached hydrogens (tertiary/aromatic N) is 1. The molecule has 2 rings (SSSR count). The van der Waals surface area contributed by atoms with Crippen LogP contribution in [0.1, 0.15) is 11.1 Å². The molecule has 0 aromatic heterocycles. The molecule has 0 aliphatic heterocycles. The van der Waals surface area contributed by atoms with Gasteiger partial charge in [0.1, 0.15) is 0 Å². The quantitative estimate of drug-likeness (QED) is 0.669. The lowest BCUT2D eigenvalue weighted by Gasteiger charge is -2.12. The fourth-order valence-corrected chi connectivity index (χ4v) is 1.92. The highest BCUT2D eigenvalue weighted by molar-refractivity contribution is 6.30. The van der Waals surface area contributed by atoms with Gasteiger partial charge in [-0.2, -0.15) is 0 Å². The van der Waals surface area contributed by atoms with E-state index in [0.717, 1.165) is 23.1 Å². The summed E-state index contributed by atoms with van der Waals surface area (Å²) in [6.07, 6.45) is 0. The van der Waals surface area contributed by atoms with Gasteiger partial charge in [-0.05, 0) is 23.3 Å². The highest BCUT2D eigenvalue weighted by Gasteiger charge is 1.99. The minimum atomic E-state index is 0.714. The highest BCUT2D eigenvalue weighted by Crippen LogP contribution is 2.09. The minimum absolute atomic E-state index is 0.714. The van der Waals surface area contributed by atoms with Gasteiger partial charge in [0.25, 0.3) is 0 Å². The molecule has 0 unspecified atom stereocenters. The lowest BCUT2D eigenvalue weighted by molar-refractivity contribution is 0.809. The first-order valence-corrected chi connectivity index (χ1v) is 6.88. The van der Waals surface area contributed by atoms with Gasteiger partial charge >= 0.3 is 0 Å². The van der Waals surface area contributed by atoms with Crippen LogP contribution in [0.5, 0.6) is 0 Å². The van der Waals surface area contributed by atoms with Crippen LogP contribution in [0.25, 0.3) is 0 Å². The minimum Gasteiger partial charge on any atom is -0.352 e. The fraction of sp³-hybridized carbons (Fsp3) is 0.188. The van der Waals surface area contributed by atoms with E-state index in [1.54, 1.807) is 7.05 Å². The van der Waals surface area contributed by atoms with Gasteiger partial charge < -0.3 is 10.6 Å². The van der Waals surface area contributed by atoms with Crippen molar-refractivity contribution in [3.63, 3.8) is 0 Å². The summed E-state index contributed by atoms with van der Waals surface area (Å²) < 4.78 is 0. The van der Waals surface area contributed by atoms with E-state index in [9.17, 15) is 0 Å². The summed E-state index contributed by atoms with van der Waals surface area (Å²) >= 11 is 5.86. The van der Waals surface area contributed by atoms with Gasteiger partial charge in [-0.1, -0.05) is 54.1 Å². The van der Waals surface area contributed by atoms with Crippen LogP contribution in [-0.4, -0.2) is 13.0 Å². The van der Waals surface area contributed by atoms with Crippen molar-refractivity contribution in [1.29, 1.82) is 0 Å². The maximum absolute atomic E-state index is 5.86. The highest BCUT2D eigenvalue weighted by atomic mass is 35.5. The predicted molar refractivity (Wildman–Crippen MR) is 84.9 cm³/mol. The van der Waals surface area contributed by atoms with E-state index in [0.29, 0.717) is 6.54 Å². The number of nitrogens with one attached hydrogen (secondary N) is 2. The van der Waals surface area contributed by atoms with Crippen LogP contribution in [-0.2, 0) is 13.1 Å². The summed E-state index contributed by atoms with van der Waals surface area (Å²) in [5.74, 6) is 0.781. The van der Waals surface area contributed by atoms with Crippen LogP contribution in [0, 0.1) is 0 Å². The van der Waals surface area contributed by atoms with Crippen LogP contribution in [0.15, 0.2) is 59.6 Å². The molecule has 0 aliphatic carbocycles. The first-order valence-electron chi connectivity index (χ1n) is 6.51. The number of benzene rings is 2. The average Bonchev–Trinajstić information content (AvgIpc) is 2.50. The van der Waals surface area contributed by atoms with Gasteiger partial charge in [0.2, 0.25) is 0 Å². The molecule has 0 fully saturated rings. The van der Waals surface area contributed by atoms with E-state index in [4.69, 9.17) is 11.6 Å². The molecular formula is C16H18ClN3. The number of hydrogen-bond donors (Lipinski definition) is 2. The van der Waals surface area contributed by atoms with Gasteiger partial charge in [-0.25, -0.2) is 0 Å². The zero-order chi connectivity index (χ0) is 14.2. The van der Waals surface area contributed by atoms with Gasteiger partial charge in [-0.3, -0.25) is 4.99 Å². The smallest absolute Gasteiger partial charge is 0.191 e. The third-order valence-corrected chi connectivity index (χ3v) is 3.15. The van der Waals surface area contributed by atoms with Crippen LogP contribution >= 0.6 is 11.6 Å². The molecule has 0 amide bonds. The zero-order valence-corrected chi connectivity index (χ0v) is 12.2. The number of rotatable bonds is 4. The van der Waals surface area contributed by atoms with Crippen molar-refractivity contribution in [1.82, 2.24) is 10.6 Å². The van der Waals surface area contributed by atoms with Crippen LogP contribution in [0.3, 0.4) is 0 Å². The third kappa shape index (κ3) is 4.59. The molecule has 104 valence electrons. The number of aliphatic imine (C=N–C) groups is 1. The molecule has 0 saturated heterocycles. The SMILES string of the molecule is CN=C(NCc1ccccc1)NCc1ccc(Cl)cc1. The van der Waals surface area contributed by atoms with E-state index in [1.165, 1.54) is 5.56 Å².